The van der Waals surface area contributed by atoms with Gasteiger partial charge in [0.05, 0.1) is 16.8 Å². The van der Waals surface area contributed by atoms with E-state index < -0.39 is 0 Å². The van der Waals surface area contributed by atoms with Crippen LogP contribution in [0.25, 0.3) is 10.2 Å². The number of halogens is 1. The molecule has 0 bridgehead atoms. The van der Waals surface area contributed by atoms with Gasteiger partial charge in [-0.3, -0.25) is 4.79 Å². The molecule has 22 heavy (non-hydrogen) atoms. The molecule has 0 radical (unpaired) electrons. The number of thiazole rings is 1. The number of benzene rings is 2. The molecule has 112 valence electrons. The van der Waals surface area contributed by atoms with Crippen LogP contribution in [0, 0.1) is 13.8 Å². The van der Waals surface area contributed by atoms with E-state index in [0.29, 0.717) is 10.6 Å². The van der Waals surface area contributed by atoms with E-state index in [1.54, 1.807) is 0 Å². The summed E-state index contributed by atoms with van der Waals surface area (Å²) in [7, 11) is 0. The van der Waals surface area contributed by atoms with Crippen molar-refractivity contribution >= 4 is 44.1 Å². The van der Waals surface area contributed by atoms with Gasteiger partial charge in [-0.2, -0.15) is 0 Å². The minimum atomic E-state index is 0.0500. The van der Waals surface area contributed by atoms with Gasteiger partial charge in [-0.25, -0.2) is 4.98 Å². The fourth-order valence-electron chi connectivity index (χ4n) is 2.17. The van der Waals surface area contributed by atoms with Gasteiger partial charge in [0.25, 0.3) is 0 Å². The number of aryl methyl sites for hydroxylation is 2. The first-order chi connectivity index (χ1) is 10.5. The van der Waals surface area contributed by atoms with E-state index in [1.807, 2.05) is 50.2 Å². The molecule has 0 fully saturated rings. The molecule has 0 aliphatic rings. The van der Waals surface area contributed by atoms with Crippen LogP contribution >= 0.6 is 22.9 Å². The first kappa shape index (κ1) is 15.0. The lowest BCUT2D eigenvalue weighted by Crippen LogP contribution is -2.13. The third kappa shape index (κ3) is 2.98. The largest absolute Gasteiger partial charge is 0.354 e. The molecule has 0 aliphatic heterocycles. The lowest BCUT2D eigenvalue weighted by Gasteiger charge is -2.02. The van der Waals surface area contributed by atoms with Crippen LogP contribution in [0.5, 0.6) is 0 Å². The number of rotatable bonds is 4. The Balaban J connectivity index is 1.75. The Kier molecular flexibility index (Phi) is 4.14. The zero-order valence-corrected chi connectivity index (χ0v) is 13.9. The summed E-state index contributed by atoms with van der Waals surface area (Å²) in [5.74, 6) is 0.0500. The second-order valence-electron chi connectivity index (χ2n) is 5.18. The molecular weight excluding hydrogens is 316 g/mol. The summed E-state index contributed by atoms with van der Waals surface area (Å²) in [6, 6.07) is 11.4. The highest BCUT2D eigenvalue weighted by atomic mass is 35.5. The molecule has 0 amide bonds. The molecule has 3 nitrogen and oxygen atoms in total. The summed E-state index contributed by atoms with van der Waals surface area (Å²) in [6.07, 6.45) is 0. The van der Waals surface area contributed by atoms with Gasteiger partial charge in [-0.05, 0) is 31.5 Å². The third-order valence-corrected chi connectivity index (χ3v) is 4.91. The van der Waals surface area contributed by atoms with Gasteiger partial charge in [0.2, 0.25) is 0 Å². The number of aromatic nitrogens is 1. The zero-order valence-electron chi connectivity index (χ0n) is 12.3. The molecule has 5 heteroatoms. The van der Waals surface area contributed by atoms with Crippen LogP contribution in [0.4, 0.5) is 5.13 Å². The number of fused-ring (bicyclic) bond motifs is 1. The maximum Gasteiger partial charge on any atom is 0.184 e. The molecule has 1 N–H and O–H groups in total. The number of ketones is 1. The van der Waals surface area contributed by atoms with Crippen LogP contribution in [-0.2, 0) is 0 Å². The Morgan fingerprint density at radius 2 is 1.91 bits per heavy atom. The van der Waals surface area contributed by atoms with Crippen molar-refractivity contribution in [3.8, 4) is 0 Å². The molecule has 3 aromatic rings. The summed E-state index contributed by atoms with van der Waals surface area (Å²) in [5, 5.41) is 4.55. The molecule has 1 aromatic heterocycles. The fraction of sp³-hybridized carbons (Fsp3) is 0.176. The second-order valence-corrected chi connectivity index (χ2v) is 6.62. The number of Topliss-reactive ketones (excluding diaryl/α,β-unsaturated/α-hetero) is 1. The van der Waals surface area contributed by atoms with Crippen LogP contribution in [0.3, 0.4) is 0 Å². The van der Waals surface area contributed by atoms with E-state index in [2.05, 4.69) is 10.3 Å². The van der Waals surface area contributed by atoms with Gasteiger partial charge in [-0.15, -0.1) is 0 Å². The van der Waals surface area contributed by atoms with Crippen LogP contribution in [0.15, 0.2) is 36.4 Å². The van der Waals surface area contributed by atoms with Crippen molar-refractivity contribution in [1.82, 2.24) is 4.98 Å². The zero-order chi connectivity index (χ0) is 15.7. The van der Waals surface area contributed by atoms with Crippen molar-refractivity contribution < 1.29 is 4.79 Å². The van der Waals surface area contributed by atoms with E-state index in [4.69, 9.17) is 11.6 Å². The molecule has 0 aliphatic carbocycles. The van der Waals surface area contributed by atoms with Gasteiger partial charge in [0.15, 0.2) is 10.9 Å². The van der Waals surface area contributed by atoms with Gasteiger partial charge in [0.1, 0.15) is 0 Å². The Labute approximate surface area is 138 Å². The first-order valence-corrected chi connectivity index (χ1v) is 8.13. The smallest absolute Gasteiger partial charge is 0.184 e. The van der Waals surface area contributed by atoms with Crippen molar-refractivity contribution in [3.63, 3.8) is 0 Å². The minimum absolute atomic E-state index is 0.0500. The number of nitrogens with one attached hydrogen (secondary N) is 1. The standard InChI is InChI=1S/C17H15ClN2OS/c1-10-3-5-12(6-4-10)14(21)9-19-17-20-16-11(2)13(18)7-8-15(16)22-17/h3-8H,9H2,1-2H3,(H,19,20). The van der Waals surface area contributed by atoms with E-state index in [-0.39, 0.29) is 12.3 Å². The van der Waals surface area contributed by atoms with E-state index in [9.17, 15) is 4.79 Å². The topological polar surface area (TPSA) is 42.0 Å². The number of nitrogens with zero attached hydrogens (tertiary/aromatic N) is 1. The normalized spacial score (nSPS) is 10.9. The maximum absolute atomic E-state index is 12.2. The summed E-state index contributed by atoms with van der Waals surface area (Å²) >= 11 is 7.63. The number of carbonyl (C=O) groups is 1. The summed E-state index contributed by atoms with van der Waals surface area (Å²) in [5.41, 5.74) is 3.71. The predicted molar refractivity (Wildman–Crippen MR) is 93.4 cm³/mol. The van der Waals surface area contributed by atoms with Crippen LogP contribution in [0.2, 0.25) is 5.02 Å². The molecule has 1 heterocycles. The van der Waals surface area contributed by atoms with Crippen molar-refractivity contribution in [2.75, 3.05) is 11.9 Å². The molecule has 0 saturated carbocycles. The molecule has 0 atom stereocenters. The van der Waals surface area contributed by atoms with Gasteiger partial charge < -0.3 is 5.32 Å². The Morgan fingerprint density at radius 3 is 2.64 bits per heavy atom. The highest BCUT2D eigenvalue weighted by molar-refractivity contribution is 7.22. The van der Waals surface area contributed by atoms with E-state index in [1.165, 1.54) is 11.3 Å². The molecule has 0 saturated heterocycles. The van der Waals surface area contributed by atoms with Crippen molar-refractivity contribution in [2.24, 2.45) is 0 Å². The number of anilines is 1. The molecule has 0 unspecified atom stereocenters. The van der Waals surface area contributed by atoms with E-state index >= 15 is 0 Å². The third-order valence-electron chi connectivity index (χ3n) is 3.52. The van der Waals surface area contributed by atoms with Gasteiger partial charge >= 0.3 is 0 Å². The SMILES string of the molecule is Cc1ccc(C(=O)CNc2nc3c(C)c(Cl)ccc3s2)cc1. The summed E-state index contributed by atoms with van der Waals surface area (Å²) < 4.78 is 1.06. The van der Waals surface area contributed by atoms with Gasteiger partial charge in [-0.1, -0.05) is 52.8 Å². The van der Waals surface area contributed by atoms with Crippen molar-refractivity contribution in [1.29, 1.82) is 0 Å². The molecule has 2 aromatic carbocycles. The highest BCUT2D eigenvalue weighted by Gasteiger charge is 2.10. The fourth-order valence-corrected chi connectivity index (χ4v) is 3.25. The molecule has 0 spiro atoms. The first-order valence-electron chi connectivity index (χ1n) is 6.94. The summed E-state index contributed by atoms with van der Waals surface area (Å²) in [6.45, 7) is 4.18. The average molecular weight is 331 g/mol. The Bertz CT molecular complexity index is 840. The average Bonchev–Trinajstić information content (AvgIpc) is 2.93. The number of hydrogen-bond acceptors (Lipinski definition) is 4. The van der Waals surface area contributed by atoms with Gasteiger partial charge in [0, 0.05) is 10.6 Å². The number of carbonyl (C=O) groups excluding carboxylic acids is 1. The predicted octanol–water partition coefficient (Wildman–Crippen LogP) is 4.86. The highest BCUT2D eigenvalue weighted by Crippen LogP contribution is 2.31. The Hall–Kier alpha value is -1.91. The van der Waals surface area contributed by atoms with Crippen LogP contribution in [0.1, 0.15) is 21.5 Å². The second kappa shape index (κ2) is 6.07. The minimum Gasteiger partial charge on any atom is -0.354 e. The van der Waals surface area contributed by atoms with Crippen molar-refractivity contribution in [2.45, 2.75) is 13.8 Å². The monoisotopic (exact) mass is 330 g/mol. The lowest BCUT2D eigenvalue weighted by atomic mass is 10.1. The summed E-state index contributed by atoms with van der Waals surface area (Å²) in [4.78, 5) is 16.7. The number of hydrogen-bond donors (Lipinski definition) is 1. The van der Waals surface area contributed by atoms with E-state index in [0.717, 1.165) is 26.5 Å². The van der Waals surface area contributed by atoms with Crippen molar-refractivity contribution in [3.05, 3.63) is 58.1 Å². The van der Waals surface area contributed by atoms with Crippen LogP contribution < -0.4 is 5.32 Å². The lowest BCUT2D eigenvalue weighted by molar-refractivity contribution is 0.101. The maximum atomic E-state index is 12.2. The molecular formula is C17H15ClN2OS. The van der Waals surface area contributed by atoms with Crippen LogP contribution in [-0.4, -0.2) is 17.3 Å². The quantitative estimate of drug-likeness (QED) is 0.694. The Morgan fingerprint density at radius 1 is 1.18 bits per heavy atom. The molecule has 3 rings (SSSR count).